The van der Waals surface area contributed by atoms with E-state index in [4.69, 9.17) is 4.74 Å². The molecule has 0 radical (unpaired) electrons. The molecule has 0 fully saturated rings. The zero-order valence-electron chi connectivity index (χ0n) is 44.3. The van der Waals surface area contributed by atoms with E-state index < -0.39 is 11.0 Å². The molecule has 0 bridgehead atoms. The van der Waals surface area contributed by atoms with Crippen molar-refractivity contribution in [2.45, 2.75) is 89.1 Å². The second-order valence-electron chi connectivity index (χ2n) is 21.0. The highest BCUT2D eigenvalue weighted by molar-refractivity contribution is 7.17. The van der Waals surface area contributed by atoms with Crippen LogP contribution in [0.5, 0.6) is 5.75 Å². The van der Waals surface area contributed by atoms with Crippen LogP contribution in [0, 0.1) is 0 Å². The Morgan fingerprint density at radius 1 is 0.506 bits per heavy atom. The molecule has 9 aromatic carbocycles. The van der Waals surface area contributed by atoms with Crippen LogP contribution >= 0.6 is 11.3 Å². The lowest BCUT2D eigenvalue weighted by Gasteiger charge is -2.40. The number of aryl methyl sites for hydroxylation is 2. The maximum Gasteiger partial charge on any atom is 0.178 e. The molecule has 0 spiro atoms. The van der Waals surface area contributed by atoms with Crippen LogP contribution in [0.1, 0.15) is 125 Å². The first kappa shape index (κ1) is 49.8. The van der Waals surface area contributed by atoms with Gasteiger partial charge in [0.15, 0.2) is 11.9 Å². The topological polar surface area (TPSA) is 29.5 Å². The third-order valence-corrected chi connectivity index (χ3v) is 17.3. The van der Waals surface area contributed by atoms with Crippen LogP contribution in [-0.4, -0.2) is 6.29 Å². The highest BCUT2D eigenvalue weighted by atomic mass is 32.1. The molecule has 1 unspecified atom stereocenters. The maximum atomic E-state index is 11.7. The number of ether oxygens (including phenoxy) is 1. The standard InChI is InChI=1S/C73H65NO2S/c1-3-5-7-12-22-52-32-38-57(39-33-52)73(58-40-34-53(35-41-58)23-13-8-6-4-2)67-50-61(74(59-26-16-10-17-27-59)60-28-18-11-19-29-60)44-46-65(67)69-63-30-20-21-31-64(63)71-66(70(69)73)48-49-72(76-71,55-24-14-9-15-25-55)56-42-36-54(37-43-56)68-47-45-62(51-75)77-68/h9-11,14-21,24-51H,3-8,12-13,22-23H2,1-2H3. The molecule has 2 heterocycles. The molecule has 1 aliphatic heterocycles. The normalized spacial score (nSPS) is 14.9. The van der Waals surface area contributed by atoms with Gasteiger partial charge < -0.3 is 9.64 Å². The van der Waals surface area contributed by atoms with Gasteiger partial charge in [0.2, 0.25) is 0 Å². The number of benzene rings is 9. The molecule has 0 saturated carbocycles. The summed E-state index contributed by atoms with van der Waals surface area (Å²) in [6, 6.07) is 80.5. The minimum Gasteiger partial charge on any atom is -0.472 e. The fourth-order valence-electron chi connectivity index (χ4n) is 12.4. The number of hydrogen-bond donors (Lipinski definition) is 0. The Morgan fingerprint density at radius 3 is 1.62 bits per heavy atom. The molecule has 2 aliphatic rings. The lowest BCUT2D eigenvalue weighted by atomic mass is 9.65. The fraction of sp³-hybridized carbons (Fsp3) is 0.192. The van der Waals surface area contributed by atoms with E-state index in [1.807, 2.05) is 12.1 Å². The van der Waals surface area contributed by atoms with Crippen LogP contribution in [-0.2, 0) is 23.9 Å². The van der Waals surface area contributed by atoms with Crippen LogP contribution in [0.4, 0.5) is 17.1 Å². The predicted molar refractivity (Wildman–Crippen MR) is 324 cm³/mol. The first-order valence-corrected chi connectivity index (χ1v) is 28.8. The summed E-state index contributed by atoms with van der Waals surface area (Å²) in [4.78, 5) is 15.9. The number of unbranched alkanes of at least 4 members (excludes halogenated alkanes) is 6. The molecular formula is C73H65NO2S. The maximum absolute atomic E-state index is 11.7. The first-order valence-electron chi connectivity index (χ1n) is 28.0. The number of carbonyl (C=O) groups excluding carboxylic acids is 1. The lowest BCUT2D eigenvalue weighted by molar-refractivity contribution is 0.112. The van der Waals surface area contributed by atoms with Crippen LogP contribution in [0.15, 0.2) is 224 Å². The zero-order chi connectivity index (χ0) is 52.2. The zero-order valence-corrected chi connectivity index (χ0v) is 45.1. The first-order chi connectivity index (χ1) is 38.0. The van der Waals surface area contributed by atoms with Crippen LogP contribution in [0.3, 0.4) is 0 Å². The van der Waals surface area contributed by atoms with Gasteiger partial charge in [0.25, 0.3) is 0 Å². The summed E-state index contributed by atoms with van der Waals surface area (Å²) in [5.74, 6) is 0.872. The number of para-hydroxylation sites is 2. The van der Waals surface area contributed by atoms with Crippen LogP contribution < -0.4 is 9.64 Å². The summed E-state index contributed by atoms with van der Waals surface area (Å²) in [7, 11) is 0. The Kier molecular flexibility index (Phi) is 14.2. The van der Waals surface area contributed by atoms with Gasteiger partial charge in [-0.1, -0.05) is 228 Å². The van der Waals surface area contributed by atoms with Gasteiger partial charge in [-0.3, -0.25) is 4.79 Å². The van der Waals surface area contributed by atoms with Gasteiger partial charge in [0.1, 0.15) is 5.75 Å². The van der Waals surface area contributed by atoms with Gasteiger partial charge in [-0.25, -0.2) is 0 Å². The van der Waals surface area contributed by atoms with Gasteiger partial charge in [-0.2, -0.15) is 0 Å². The molecule has 0 amide bonds. The number of carbonyl (C=O) groups is 1. The number of rotatable bonds is 19. The van der Waals surface area contributed by atoms with E-state index in [0.717, 1.165) is 84.7 Å². The van der Waals surface area contributed by atoms with Crippen molar-refractivity contribution < 1.29 is 9.53 Å². The smallest absolute Gasteiger partial charge is 0.178 e. The number of aldehydes is 1. The molecule has 77 heavy (non-hydrogen) atoms. The molecule has 10 aromatic rings. The molecule has 1 atom stereocenters. The monoisotopic (exact) mass is 1020 g/mol. The average Bonchev–Trinajstić information content (AvgIpc) is 4.33. The third kappa shape index (κ3) is 9.13. The molecule has 0 saturated heterocycles. The Morgan fingerprint density at radius 2 is 1.05 bits per heavy atom. The summed E-state index contributed by atoms with van der Waals surface area (Å²) in [5.41, 5.74) is 16.0. The molecule has 380 valence electrons. The van der Waals surface area contributed by atoms with Gasteiger partial charge in [0.05, 0.1) is 10.3 Å². The van der Waals surface area contributed by atoms with E-state index in [-0.39, 0.29) is 0 Å². The van der Waals surface area contributed by atoms with E-state index in [2.05, 4.69) is 237 Å². The minimum atomic E-state index is -0.959. The van der Waals surface area contributed by atoms with Crippen molar-refractivity contribution >= 4 is 51.5 Å². The SMILES string of the molecule is CCCCCCc1ccc(C2(c3ccc(CCCCCC)cc3)c3cc(N(c4ccccc4)c4ccccc4)ccc3-c3c2c2c(c4ccccc34)OC(c3ccccc3)(c3ccc(-c4ccc(C=O)s4)cc3)C=C2)cc1. The molecular weight excluding hydrogens is 955 g/mol. The van der Waals surface area contributed by atoms with Crippen molar-refractivity contribution in [2.75, 3.05) is 4.90 Å². The number of anilines is 3. The summed E-state index contributed by atoms with van der Waals surface area (Å²) in [6.07, 6.45) is 17.6. The van der Waals surface area contributed by atoms with Gasteiger partial charge in [-0.15, -0.1) is 11.3 Å². The van der Waals surface area contributed by atoms with Crippen LogP contribution in [0.2, 0.25) is 0 Å². The Balaban J connectivity index is 1.13. The fourth-order valence-corrected chi connectivity index (χ4v) is 13.3. The third-order valence-electron chi connectivity index (χ3n) is 16.2. The second-order valence-corrected chi connectivity index (χ2v) is 22.1. The minimum absolute atomic E-state index is 0.718. The van der Waals surface area contributed by atoms with E-state index in [0.29, 0.717) is 0 Å². The molecule has 3 nitrogen and oxygen atoms in total. The Hall–Kier alpha value is -8.05. The molecule has 4 heteroatoms. The summed E-state index contributed by atoms with van der Waals surface area (Å²) < 4.78 is 7.97. The highest BCUT2D eigenvalue weighted by Gasteiger charge is 2.51. The van der Waals surface area contributed by atoms with Crippen molar-refractivity contribution in [3.05, 3.63) is 279 Å². The van der Waals surface area contributed by atoms with Gasteiger partial charge in [-0.05, 0) is 136 Å². The predicted octanol–water partition coefficient (Wildman–Crippen LogP) is 19.8. The van der Waals surface area contributed by atoms with Crippen molar-refractivity contribution in [3.63, 3.8) is 0 Å². The van der Waals surface area contributed by atoms with E-state index in [1.54, 1.807) is 0 Å². The van der Waals surface area contributed by atoms with Crippen molar-refractivity contribution in [3.8, 4) is 27.3 Å². The molecule has 12 rings (SSSR count). The van der Waals surface area contributed by atoms with Crippen molar-refractivity contribution in [1.29, 1.82) is 0 Å². The number of nitrogens with zero attached hydrogens (tertiary/aromatic N) is 1. The van der Waals surface area contributed by atoms with E-state index in [1.165, 1.54) is 107 Å². The average molecular weight is 1020 g/mol. The van der Waals surface area contributed by atoms with Crippen LogP contribution in [0.25, 0.3) is 38.4 Å². The van der Waals surface area contributed by atoms with E-state index >= 15 is 0 Å². The largest absolute Gasteiger partial charge is 0.472 e. The van der Waals surface area contributed by atoms with Crippen molar-refractivity contribution in [1.82, 2.24) is 0 Å². The molecule has 0 N–H and O–H groups in total. The van der Waals surface area contributed by atoms with E-state index in [9.17, 15) is 4.79 Å². The number of hydrogen-bond acceptors (Lipinski definition) is 4. The Labute approximate surface area is 459 Å². The van der Waals surface area contributed by atoms with Gasteiger partial charge >= 0.3 is 0 Å². The summed E-state index contributed by atoms with van der Waals surface area (Å²) in [5, 5.41) is 2.24. The summed E-state index contributed by atoms with van der Waals surface area (Å²) >= 11 is 1.51. The molecule has 1 aromatic heterocycles. The van der Waals surface area contributed by atoms with Gasteiger partial charge in [0, 0.05) is 44.0 Å². The number of thiophene rings is 1. The second kappa shape index (κ2) is 21.9. The van der Waals surface area contributed by atoms with Crippen molar-refractivity contribution in [2.24, 2.45) is 0 Å². The number of fused-ring (bicyclic) bond motifs is 8. The highest BCUT2D eigenvalue weighted by Crippen LogP contribution is 2.63. The molecule has 1 aliphatic carbocycles. The lowest BCUT2D eigenvalue weighted by Crippen LogP contribution is -2.36. The Bertz CT molecular complexity index is 3600. The summed E-state index contributed by atoms with van der Waals surface area (Å²) in [6.45, 7) is 4.57. The quantitative estimate of drug-likeness (QED) is 0.0597.